The summed E-state index contributed by atoms with van der Waals surface area (Å²) < 4.78 is 0. The normalized spacial score (nSPS) is 20.2. The van der Waals surface area contributed by atoms with Crippen molar-refractivity contribution in [3.8, 4) is 0 Å². The van der Waals surface area contributed by atoms with Crippen LogP contribution in [-0.2, 0) is 11.2 Å². The lowest BCUT2D eigenvalue weighted by Gasteiger charge is -2.32. The molecule has 29 heavy (non-hydrogen) atoms. The van der Waals surface area contributed by atoms with Crippen LogP contribution in [0.2, 0.25) is 0 Å². The standard InChI is InChI=1S/C22H34N4OS.HI/c1-2-23-22(24-16-20-9-6-14-28-20)25-17-21(27)26-12-10-19(11-13-26)15-18-7-4-3-5-8-18;/h3-5,7-8,19-20H,2,6,9-17H2,1H3,(H2,23,24,25);1H. The third kappa shape index (κ3) is 8.36. The molecule has 162 valence electrons. The first-order valence-electron chi connectivity index (χ1n) is 10.7. The maximum Gasteiger partial charge on any atom is 0.244 e. The van der Waals surface area contributed by atoms with Gasteiger partial charge in [0.15, 0.2) is 5.96 Å². The van der Waals surface area contributed by atoms with Crippen LogP contribution in [-0.4, -0.2) is 60.5 Å². The lowest BCUT2D eigenvalue weighted by molar-refractivity contribution is -0.130. The molecular weight excluding hydrogens is 495 g/mol. The molecule has 0 bridgehead atoms. The summed E-state index contributed by atoms with van der Waals surface area (Å²) in [5.41, 5.74) is 1.40. The largest absolute Gasteiger partial charge is 0.357 e. The van der Waals surface area contributed by atoms with Crippen molar-refractivity contribution in [2.75, 3.05) is 38.5 Å². The number of hydrogen-bond acceptors (Lipinski definition) is 3. The Morgan fingerprint density at radius 3 is 2.59 bits per heavy atom. The van der Waals surface area contributed by atoms with Gasteiger partial charge in [0.2, 0.25) is 5.91 Å². The van der Waals surface area contributed by atoms with Gasteiger partial charge in [-0.3, -0.25) is 4.79 Å². The summed E-state index contributed by atoms with van der Waals surface area (Å²) in [6.07, 6.45) is 5.87. The van der Waals surface area contributed by atoms with Gasteiger partial charge in [0.25, 0.3) is 0 Å². The first kappa shape index (κ1) is 24.3. The Balaban J connectivity index is 0.00000300. The molecule has 0 aliphatic carbocycles. The van der Waals surface area contributed by atoms with E-state index in [4.69, 9.17) is 0 Å². The Morgan fingerprint density at radius 2 is 1.93 bits per heavy atom. The fourth-order valence-corrected chi connectivity index (χ4v) is 5.14. The predicted octanol–water partition coefficient (Wildman–Crippen LogP) is 3.54. The second-order valence-corrected chi connectivity index (χ2v) is 9.13. The molecule has 2 heterocycles. The molecule has 3 rings (SSSR count). The molecule has 2 aliphatic rings. The van der Waals surface area contributed by atoms with Gasteiger partial charge in [-0.05, 0) is 56.3 Å². The summed E-state index contributed by atoms with van der Waals surface area (Å²) in [5.74, 6) is 2.85. The molecule has 5 nitrogen and oxygen atoms in total. The first-order chi connectivity index (χ1) is 13.7. The van der Waals surface area contributed by atoms with Crippen LogP contribution in [0.3, 0.4) is 0 Å². The van der Waals surface area contributed by atoms with Crippen LogP contribution < -0.4 is 10.6 Å². The summed E-state index contributed by atoms with van der Waals surface area (Å²) in [4.78, 5) is 19.1. The van der Waals surface area contributed by atoms with Gasteiger partial charge in [0.05, 0.1) is 0 Å². The molecule has 2 N–H and O–H groups in total. The number of benzene rings is 1. The van der Waals surface area contributed by atoms with Gasteiger partial charge in [0.1, 0.15) is 6.54 Å². The molecule has 2 fully saturated rings. The van der Waals surface area contributed by atoms with Gasteiger partial charge >= 0.3 is 0 Å². The lowest BCUT2D eigenvalue weighted by atomic mass is 9.90. The number of amides is 1. The number of carbonyl (C=O) groups excluding carboxylic acids is 1. The zero-order valence-electron chi connectivity index (χ0n) is 17.4. The maximum atomic E-state index is 12.6. The minimum Gasteiger partial charge on any atom is -0.357 e. The summed E-state index contributed by atoms with van der Waals surface area (Å²) in [6.45, 7) is 5.73. The second-order valence-electron chi connectivity index (χ2n) is 7.72. The van der Waals surface area contributed by atoms with Crippen molar-refractivity contribution < 1.29 is 4.79 Å². The highest BCUT2D eigenvalue weighted by Gasteiger charge is 2.23. The number of rotatable bonds is 7. The highest BCUT2D eigenvalue weighted by atomic mass is 127. The van der Waals surface area contributed by atoms with Gasteiger partial charge in [-0.25, -0.2) is 4.99 Å². The van der Waals surface area contributed by atoms with E-state index in [0.717, 1.165) is 51.4 Å². The van der Waals surface area contributed by atoms with Crippen molar-refractivity contribution in [2.24, 2.45) is 10.9 Å². The fraction of sp³-hybridized carbons (Fsp3) is 0.636. The number of piperidine rings is 1. The van der Waals surface area contributed by atoms with E-state index in [1.54, 1.807) is 0 Å². The molecule has 0 saturated carbocycles. The molecular formula is C22H35IN4OS. The van der Waals surface area contributed by atoms with Gasteiger partial charge in [-0.1, -0.05) is 30.3 Å². The number of guanidine groups is 1. The third-order valence-electron chi connectivity index (χ3n) is 5.57. The number of carbonyl (C=O) groups is 1. The molecule has 0 radical (unpaired) electrons. The number of nitrogens with zero attached hydrogens (tertiary/aromatic N) is 2. The number of nitrogens with one attached hydrogen (secondary N) is 2. The molecule has 2 saturated heterocycles. The van der Waals surface area contributed by atoms with Crippen molar-refractivity contribution in [3.63, 3.8) is 0 Å². The summed E-state index contributed by atoms with van der Waals surface area (Å²) >= 11 is 2.03. The number of aliphatic imine (C=N–C) groups is 1. The van der Waals surface area contributed by atoms with Gasteiger partial charge in [-0.2, -0.15) is 11.8 Å². The zero-order valence-corrected chi connectivity index (χ0v) is 20.6. The molecule has 2 aliphatic heterocycles. The Labute approximate surface area is 196 Å². The fourth-order valence-electron chi connectivity index (χ4n) is 3.94. The highest BCUT2D eigenvalue weighted by Crippen LogP contribution is 2.25. The topological polar surface area (TPSA) is 56.7 Å². The average molecular weight is 531 g/mol. The third-order valence-corrected chi connectivity index (χ3v) is 6.97. The van der Waals surface area contributed by atoms with Crippen molar-refractivity contribution in [2.45, 2.75) is 44.3 Å². The number of thioether (sulfide) groups is 1. The molecule has 1 amide bonds. The van der Waals surface area contributed by atoms with E-state index in [2.05, 4.69) is 52.9 Å². The van der Waals surface area contributed by atoms with Crippen molar-refractivity contribution in [3.05, 3.63) is 35.9 Å². The second kappa shape index (κ2) is 13.4. The van der Waals surface area contributed by atoms with E-state index in [9.17, 15) is 4.79 Å². The Bertz CT molecular complexity index is 629. The number of halogens is 1. The van der Waals surface area contributed by atoms with E-state index in [-0.39, 0.29) is 36.4 Å². The van der Waals surface area contributed by atoms with Gasteiger partial charge < -0.3 is 15.5 Å². The van der Waals surface area contributed by atoms with Crippen LogP contribution in [0.25, 0.3) is 0 Å². The van der Waals surface area contributed by atoms with E-state index in [1.807, 2.05) is 16.7 Å². The Morgan fingerprint density at radius 1 is 1.17 bits per heavy atom. The summed E-state index contributed by atoms with van der Waals surface area (Å²) in [7, 11) is 0. The molecule has 0 spiro atoms. The van der Waals surface area contributed by atoms with Gasteiger partial charge in [-0.15, -0.1) is 24.0 Å². The monoisotopic (exact) mass is 530 g/mol. The maximum absolute atomic E-state index is 12.6. The van der Waals surface area contributed by atoms with E-state index in [1.165, 1.54) is 24.2 Å². The van der Waals surface area contributed by atoms with Crippen LogP contribution in [0.4, 0.5) is 0 Å². The zero-order chi connectivity index (χ0) is 19.6. The molecule has 1 unspecified atom stereocenters. The molecule has 0 aromatic heterocycles. The van der Waals surface area contributed by atoms with Crippen LogP contribution in [0.5, 0.6) is 0 Å². The van der Waals surface area contributed by atoms with Crippen molar-refractivity contribution >= 4 is 47.6 Å². The number of hydrogen-bond donors (Lipinski definition) is 2. The van der Waals surface area contributed by atoms with Crippen molar-refractivity contribution in [1.29, 1.82) is 0 Å². The Kier molecular flexibility index (Phi) is 11.2. The molecule has 1 aromatic carbocycles. The quantitative estimate of drug-likeness (QED) is 0.322. The van der Waals surface area contributed by atoms with Crippen LogP contribution in [0, 0.1) is 5.92 Å². The smallest absolute Gasteiger partial charge is 0.244 e. The van der Waals surface area contributed by atoms with Crippen LogP contribution in [0.15, 0.2) is 35.3 Å². The summed E-state index contributed by atoms with van der Waals surface area (Å²) in [6, 6.07) is 10.7. The van der Waals surface area contributed by atoms with Crippen LogP contribution in [0.1, 0.15) is 38.2 Å². The first-order valence-corrected chi connectivity index (χ1v) is 11.7. The van der Waals surface area contributed by atoms with Crippen molar-refractivity contribution in [1.82, 2.24) is 15.5 Å². The summed E-state index contributed by atoms with van der Waals surface area (Å²) in [5, 5.41) is 7.33. The van der Waals surface area contributed by atoms with E-state index in [0.29, 0.717) is 11.2 Å². The Hall–Kier alpha value is -0.960. The van der Waals surface area contributed by atoms with E-state index >= 15 is 0 Å². The highest BCUT2D eigenvalue weighted by molar-refractivity contribution is 14.0. The average Bonchev–Trinajstić information content (AvgIpc) is 3.25. The molecule has 1 aromatic rings. The molecule has 1 atom stereocenters. The van der Waals surface area contributed by atoms with E-state index < -0.39 is 0 Å². The molecule has 7 heteroatoms. The predicted molar refractivity (Wildman–Crippen MR) is 134 cm³/mol. The van der Waals surface area contributed by atoms with Crippen LogP contribution >= 0.6 is 35.7 Å². The number of likely N-dealkylation sites (tertiary alicyclic amines) is 1. The minimum atomic E-state index is 0. The lowest BCUT2D eigenvalue weighted by Crippen LogP contribution is -2.43. The minimum absolute atomic E-state index is 0. The van der Waals surface area contributed by atoms with Gasteiger partial charge in [0, 0.05) is 31.4 Å². The SMILES string of the molecule is CCNC(=NCC(=O)N1CCC(Cc2ccccc2)CC1)NCC1CCCS1.I.